The van der Waals surface area contributed by atoms with E-state index in [-0.39, 0.29) is 0 Å². The van der Waals surface area contributed by atoms with Crippen LogP contribution in [0.3, 0.4) is 0 Å². The molecule has 0 amide bonds. The van der Waals surface area contributed by atoms with Gasteiger partial charge in [0.05, 0.1) is 0 Å². The van der Waals surface area contributed by atoms with Crippen LogP contribution in [0, 0.1) is 6.92 Å². The van der Waals surface area contributed by atoms with Gasteiger partial charge < -0.3 is 5.32 Å². The first kappa shape index (κ1) is 12.5. The van der Waals surface area contributed by atoms with Crippen LogP contribution in [-0.4, -0.2) is 0 Å². The van der Waals surface area contributed by atoms with Gasteiger partial charge >= 0.3 is 0 Å². The molecule has 88 valence electrons. The van der Waals surface area contributed by atoms with Gasteiger partial charge in [-0.25, -0.2) is 0 Å². The van der Waals surface area contributed by atoms with Gasteiger partial charge in [-0.1, -0.05) is 51.8 Å². The number of halogens is 2. The van der Waals surface area contributed by atoms with E-state index in [4.69, 9.17) is 11.6 Å². The van der Waals surface area contributed by atoms with Crippen LogP contribution < -0.4 is 5.32 Å². The summed E-state index contributed by atoms with van der Waals surface area (Å²) in [6.07, 6.45) is 0. The first-order valence-corrected chi connectivity index (χ1v) is 6.58. The number of hydrogen-bond acceptors (Lipinski definition) is 1. The Balaban J connectivity index is 2.13. The molecular weight excluding hydrogens is 298 g/mol. The average Bonchev–Trinajstić information content (AvgIpc) is 2.33. The molecule has 1 nitrogen and oxygen atoms in total. The molecule has 0 aliphatic carbocycles. The standard InChI is InChI=1S/C14H13BrClN/c1-10-13(16)7-4-8-14(10)17-9-11-5-2-3-6-12(11)15/h2-8,17H,9H2,1H3. The Labute approximate surface area is 115 Å². The quantitative estimate of drug-likeness (QED) is 0.839. The van der Waals surface area contributed by atoms with E-state index in [0.29, 0.717) is 0 Å². The molecular formula is C14H13BrClN. The summed E-state index contributed by atoms with van der Waals surface area (Å²) in [4.78, 5) is 0. The fraction of sp³-hybridized carbons (Fsp3) is 0.143. The molecule has 17 heavy (non-hydrogen) atoms. The molecule has 3 heteroatoms. The Morgan fingerprint density at radius 3 is 2.65 bits per heavy atom. The highest BCUT2D eigenvalue weighted by Crippen LogP contribution is 2.24. The molecule has 2 aromatic carbocycles. The van der Waals surface area contributed by atoms with Crippen molar-refractivity contribution in [1.29, 1.82) is 0 Å². The molecule has 0 saturated carbocycles. The van der Waals surface area contributed by atoms with Crippen molar-refractivity contribution in [3.63, 3.8) is 0 Å². The highest BCUT2D eigenvalue weighted by molar-refractivity contribution is 9.10. The molecule has 0 bridgehead atoms. The predicted molar refractivity (Wildman–Crippen MR) is 77.7 cm³/mol. The monoisotopic (exact) mass is 309 g/mol. The second kappa shape index (κ2) is 5.56. The van der Waals surface area contributed by atoms with Crippen molar-refractivity contribution in [1.82, 2.24) is 0 Å². The van der Waals surface area contributed by atoms with Crippen molar-refractivity contribution >= 4 is 33.2 Å². The zero-order chi connectivity index (χ0) is 12.3. The lowest BCUT2D eigenvalue weighted by molar-refractivity contribution is 1.13. The molecule has 0 aliphatic heterocycles. The number of benzene rings is 2. The van der Waals surface area contributed by atoms with Gasteiger partial charge in [0.15, 0.2) is 0 Å². The SMILES string of the molecule is Cc1c(Cl)cccc1NCc1ccccc1Br. The van der Waals surface area contributed by atoms with Gasteiger partial charge in [-0.15, -0.1) is 0 Å². The van der Waals surface area contributed by atoms with E-state index in [9.17, 15) is 0 Å². The fourth-order valence-electron chi connectivity index (χ4n) is 1.63. The minimum Gasteiger partial charge on any atom is -0.381 e. The maximum Gasteiger partial charge on any atom is 0.0455 e. The Morgan fingerprint density at radius 2 is 1.88 bits per heavy atom. The third kappa shape index (κ3) is 3.02. The topological polar surface area (TPSA) is 12.0 Å². The fourth-order valence-corrected chi connectivity index (χ4v) is 2.23. The normalized spacial score (nSPS) is 10.3. The predicted octanol–water partition coefficient (Wildman–Crippen LogP) is 5.02. The van der Waals surface area contributed by atoms with Crippen LogP contribution in [-0.2, 0) is 6.54 Å². The molecule has 0 fully saturated rings. The minimum absolute atomic E-state index is 0.780. The van der Waals surface area contributed by atoms with E-state index in [1.807, 2.05) is 43.3 Å². The third-order valence-corrected chi connectivity index (χ3v) is 3.88. The highest BCUT2D eigenvalue weighted by Gasteiger charge is 2.02. The largest absolute Gasteiger partial charge is 0.381 e. The Hall–Kier alpha value is -0.990. The lowest BCUT2D eigenvalue weighted by Gasteiger charge is -2.11. The molecule has 1 N–H and O–H groups in total. The molecule has 0 atom stereocenters. The molecule has 0 spiro atoms. The van der Waals surface area contributed by atoms with E-state index in [0.717, 1.165) is 27.3 Å². The van der Waals surface area contributed by atoms with Crippen LogP contribution in [0.5, 0.6) is 0 Å². The van der Waals surface area contributed by atoms with E-state index in [1.165, 1.54) is 5.56 Å². The first-order chi connectivity index (χ1) is 8.18. The molecule has 2 rings (SSSR count). The van der Waals surface area contributed by atoms with Crippen LogP contribution in [0.25, 0.3) is 0 Å². The van der Waals surface area contributed by atoms with E-state index in [1.54, 1.807) is 0 Å². The highest BCUT2D eigenvalue weighted by atomic mass is 79.9. The maximum atomic E-state index is 6.08. The Kier molecular flexibility index (Phi) is 4.08. The summed E-state index contributed by atoms with van der Waals surface area (Å²) in [6, 6.07) is 14.1. The molecule has 0 saturated heterocycles. The first-order valence-electron chi connectivity index (χ1n) is 5.41. The number of rotatable bonds is 3. The molecule has 0 radical (unpaired) electrons. The number of nitrogens with one attached hydrogen (secondary N) is 1. The number of anilines is 1. The summed E-state index contributed by atoms with van der Waals surface area (Å²) in [5.74, 6) is 0. The van der Waals surface area contributed by atoms with Gasteiger partial charge in [-0.2, -0.15) is 0 Å². The van der Waals surface area contributed by atoms with Crippen molar-refractivity contribution in [2.45, 2.75) is 13.5 Å². The third-order valence-electron chi connectivity index (χ3n) is 2.69. The number of hydrogen-bond donors (Lipinski definition) is 1. The lowest BCUT2D eigenvalue weighted by atomic mass is 10.2. The summed E-state index contributed by atoms with van der Waals surface area (Å²) in [5, 5.41) is 4.19. The van der Waals surface area contributed by atoms with Crippen molar-refractivity contribution in [3.8, 4) is 0 Å². The summed E-state index contributed by atoms with van der Waals surface area (Å²) in [5.41, 5.74) is 3.39. The van der Waals surface area contributed by atoms with Crippen molar-refractivity contribution in [2.75, 3.05) is 5.32 Å². The molecule has 0 aromatic heterocycles. The van der Waals surface area contributed by atoms with Gasteiger partial charge in [0, 0.05) is 21.7 Å². The van der Waals surface area contributed by atoms with Gasteiger partial charge in [-0.3, -0.25) is 0 Å². The van der Waals surface area contributed by atoms with Crippen LogP contribution in [0.2, 0.25) is 5.02 Å². The Bertz CT molecular complexity index is 525. The molecule has 0 unspecified atom stereocenters. The molecule has 2 aromatic rings. The van der Waals surface area contributed by atoms with Gasteiger partial charge in [0.2, 0.25) is 0 Å². The van der Waals surface area contributed by atoms with Crippen LogP contribution >= 0.6 is 27.5 Å². The zero-order valence-electron chi connectivity index (χ0n) is 9.50. The van der Waals surface area contributed by atoms with Crippen molar-refractivity contribution < 1.29 is 0 Å². The average molecular weight is 311 g/mol. The summed E-state index contributed by atoms with van der Waals surface area (Å²) in [7, 11) is 0. The summed E-state index contributed by atoms with van der Waals surface area (Å²) in [6.45, 7) is 2.80. The second-order valence-corrected chi connectivity index (χ2v) is 5.12. The maximum absolute atomic E-state index is 6.08. The van der Waals surface area contributed by atoms with E-state index in [2.05, 4.69) is 27.3 Å². The zero-order valence-corrected chi connectivity index (χ0v) is 11.8. The van der Waals surface area contributed by atoms with Crippen LogP contribution in [0.15, 0.2) is 46.9 Å². The van der Waals surface area contributed by atoms with E-state index < -0.39 is 0 Å². The van der Waals surface area contributed by atoms with Crippen LogP contribution in [0.1, 0.15) is 11.1 Å². The van der Waals surface area contributed by atoms with E-state index >= 15 is 0 Å². The second-order valence-electron chi connectivity index (χ2n) is 3.86. The smallest absolute Gasteiger partial charge is 0.0455 e. The van der Waals surface area contributed by atoms with Crippen molar-refractivity contribution in [3.05, 3.63) is 63.1 Å². The molecule has 0 aliphatic rings. The van der Waals surface area contributed by atoms with Crippen molar-refractivity contribution in [2.24, 2.45) is 0 Å². The lowest BCUT2D eigenvalue weighted by Crippen LogP contribution is -2.01. The molecule has 0 heterocycles. The van der Waals surface area contributed by atoms with Gasteiger partial charge in [0.25, 0.3) is 0 Å². The minimum atomic E-state index is 0.780. The van der Waals surface area contributed by atoms with Gasteiger partial charge in [-0.05, 0) is 36.2 Å². The summed E-state index contributed by atoms with van der Waals surface area (Å²) < 4.78 is 1.12. The summed E-state index contributed by atoms with van der Waals surface area (Å²) >= 11 is 9.61. The van der Waals surface area contributed by atoms with Crippen LogP contribution in [0.4, 0.5) is 5.69 Å². The van der Waals surface area contributed by atoms with Gasteiger partial charge in [0.1, 0.15) is 0 Å². The Morgan fingerprint density at radius 1 is 1.12 bits per heavy atom.